The zero-order chi connectivity index (χ0) is 19.0. The Morgan fingerprint density at radius 2 is 2.11 bits per heavy atom. The van der Waals surface area contributed by atoms with Crippen molar-refractivity contribution in [2.45, 2.75) is 32.4 Å². The monoisotopic (exact) mass is 367 g/mol. The minimum absolute atomic E-state index is 0.0280. The average Bonchev–Trinajstić information content (AvgIpc) is 3.22. The Hall–Kier alpha value is -2.67. The van der Waals surface area contributed by atoms with E-state index in [4.69, 9.17) is 0 Å². The Balaban J connectivity index is 1.46. The van der Waals surface area contributed by atoms with Crippen LogP contribution in [0.25, 0.3) is 0 Å². The van der Waals surface area contributed by atoms with Crippen molar-refractivity contribution in [3.8, 4) is 0 Å². The van der Waals surface area contributed by atoms with E-state index < -0.39 is 0 Å². The van der Waals surface area contributed by atoms with Crippen LogP contribution in [-0.2, 0) is 29.6 Å². The number of anilines is 1. The van der Waals surface area contributed by atoms with Gasteiger partial charge >= 0.3 is 0 Å². The van der Waals surface area contributed by atoms with Crippen molar-refractivity contribution in [2.24, 2.45) is 13.0 Å². The molecule has 3 heterocycles. The van der Waals surface area contributed by atoms with Crippen molar-refractivity contribution >= 4 is 17.6 Å². The lowest BCUT2D eigenvalue weighted by molar-refractivity contribution is -0.129. The van der Waals surface area contributed by atoms with E-state index in [2.05, 4.69) is 15.7 Å². The van der Waals surface area contributed by atoms with E-state index in [1.165, 1.54) is 0 Å². The standard InChI is InChI=1S/C20H25N5O2/c1-13(14-6-4-3-5-7-14)25-12-15(10-18(25)26)20(27)22-19-16-11-21-9-8-17(16)23-24(19)2/h3-7,13,15,21H,8-12H2,1-2H3,(H,22,27). The van der Waals surface area contributed by atoms with Gasteiger partial charge in [-0.2, -0.15) is 5.10 Å². The summed E-state index contributed by atoms with van der Waals surface area (Å²) in [4.78, 5) is 27.2. The fourth-order valence-electron chi connectivity index (χ4n) is 4.00. The smallest absolute Gasteiger partial charge is 0.230 e. The highest BCUT2D eigenvalue weighted by molar-refractivity contribution is 5.97. The van der Waals surface area contributed by atoms with Crippen LogP contribution in [0.3, 0.4) is 0 Å². The number of rotatable bonds is 4. The maximum absolute atomic E-state index is 12.8. The molecule has 0 aliphatic carbocycles. The minimum atomic E-state index is -0.342. The van der Waals surface area contributed by atoms with E-state index in [1.807, 2.05) is 44.3 Å². The van der Waals surface area contributed by atoms with Crippen LogP contribution >= 0.6 is 0 Å². The van der Waals surface area contributed by atoms with Gasteiger partial charge in [-0.15, -0.1) is 0 Å². The van der Waals surface area contributed by atoms with Gasteiger partial charge in [0.1, 0.15) is 5.82 Å². The first kappa shape index (κ1) is 17.7. The number of likely N-dealkylation sites (tertiary alicyclic amines) is 1. The van der Waals surface area contributed by atoms with Gasteiger partial charge < -0.3 is 15.5 Å². The predicted octanol–water partition coefficient (Wildman–Crippen LogP) is 1.61. The molecule has 2 aliphatic heterocycles. The molecule has 2 aliphatic rings. The van der Waals surface area contributed by atoms with Gasteiger partial charge in [-0.05, 0) is 12.5 Å². The topological polar surface area (TPSA) is 79.3 Å². The summed E-state index contributed by atoms with van der Waals surface area (Å²) in [6.07, 6.45) is 1.12. The molecule has 0 bridgehead atoms. The van der Waals surface area contributed by atoms with Gasteiger partial charge in [-0.1, -0.05) is 30.3 Å². The lowest BCUT2D eigenvalue weighted by Crippen LogP contribution is -2.31. The van der Waals surface area contributed by atoms with Crippen LogP contribution in [0, 0.1) is 5.92 Å². The number of fused-ring (bicyclic) bond motifs is 1. The largest absolute Gasteiger partial charge is 0.335 e. The minimum Gasteiger partial charge on any atom is -0.335 e. The molecule has 7 nitrogen and oxygen atoms in total. The Labute approximate surface area is 158 Å². The van der Waals surface area contributed by atoms with Crippen LogP contribution in [0.15, 0.2) is 30.3 Å². The zero-order valence-corrected chi connectivity index (χ0v) is 15.7. The van der Waals surface area contributed by atoms with Crippen molar-refractivity contribution < 1.29 is 9.59 Å². The fraction of sp³-hybridized carbons (Fsp3) is 0.450. The summed E-state index contributed by atoms with van der Waals surface area (Å²) in [6.45, 7) is 4.07. The number of nitrogens with one attached hydrogen (secondary N) is 2. The predicted molar refractivity (Wildman–Crippen MR) is 102 cm³/mol. The van der Waals surface area contributed by atoms with Gasteiger partial charge in [-0.25, -0.2) is 0 Å². The average molecular weight is 367 g/mol. The van der Waals surface area contributed by atoms with Gasteiger partial charge in [0.25, 0.3) is 0 Å². The van der Waals surface area contributed by atoms with Crippen LogP contribution in [0.2, 0.25) is 0 Å². The zero-order valence-electron chi connectivity index (χ0n) is 15.7. The third-order valence-electron chi connectivity index (χ3n) is 5.59. The van der Waals surface area contributed by atoms with Crippen LogP contribution < -0.4 is 10.6 Å². The van der Waals surface area contributed by atoms with Crippen molar-refractivity contribution in [2.75, 3.05) is 18.4 Å². The number of nitrogens with zero attached hydrogens (tertiary/aromatic N) is 3. The van der Waals surface area contributed by atoms with Gasteiger partial charge in [0.05, 0.1) is 17.7 Å². The van der Waals surface area contributed by atoms with Crippen LogP contribution in [-0.4, -0.2) is 39.6 Å². The normalized spacial score (nSPS) is 20.4. The molecule has 2 amide bonds. The van der Waals surface area contributed by atoms with E-state index in [0.717, 1.165) is 35.6 Å². The van der Waals surface area contributed by atoms with E-state index in [0.29, 0.717) is 13.1 Å². The Morgan fingerprint density at radius 1 is 1.33 bits per heavy atom. The van der Waals surface area contributed by atoms with Gasteiger partial charge in [0.15, 0.2) is 0 Å². The summed E-state index contributed by atoms with van der Waals surface area (Å²) in [5, 5.41) is 10.9. The van der Waals surface area contributed by atoms with E-state index in [-0.39, 0.29) is 30.2 Å². The number of carbonyl (C=O) groups is 2. The number of hydrogen-bond donors (Lipinski definition) is 2. The number of benzene rings is 1. The number of aromatic nitrogens is 2. The highest BCUT2D eigenvalue weighted by Crippen LogP contribution is 2.30. The molecule has 2 aromatic rings. The molecular weight excluding hydrogens is 342 g/mol. The van der Waals surface area contributed by atoms with E-state index in [1.54, 1.807) is 9.58 Å². The number of hydrogen-bond acceptors (Lipinski definition) is 4. The molecule has 7 heteroatoms. The first-order chi connectivity index (χ1) is 13.0. The molecule has 4 rings (SSSR count). The summed E-state index contributed by atoms with van der Waals surface area (Å²) in [7, 11) is 1.84. The van der Waals surface area contributed by atoms with E-state index >= 15 is 0 Å². The first-order valence-electron chi connectivity index (χ1n) is 9.45. The fourth-order valence-corrected chi connectivity index (χ4v) is 4.00. The van der Waals surface area contributed by atoms with Crippen molar-refractivity contribution in [3.63, 3.8) is 0 Å². The molecule has 1 aromatic carbocycles. The van der Waals surface area contributed by atoms with Crippen molar-refractivity contribution in [1.29, 1.82) is 0 Å². The molecular formula is C20H25N5O2. The third-order valence-corrected chi connectivity index (χ3v) is 5.59. The summed E-state index contributed by atoms with van der Waals surface area (Å²) in [5.74, 6) is 0.317. The first-order valence-corrected chi connectivity index (χ1v) is 9.45. The van der Waals surface area contributed by atoms with E-state index in [9.17, 15) is 9.59 Å². The molecule has 2 unspecified atom stereocenters. The van der Waals surface area contributed by atoms with Crippen molar-refractivity contribution in [3.05, 3.63) is 47.2 Å². The maximum atomic E-state index is 12.8. The molecule has 27 heavy (non-hydrogen) atoms. The summed E-state index contributed by atoms with van der Waals surface area (Å²) < 4.78 is 1.73. The van der Waals surface area contributed by atoms with Crippen LogP contribution in [0.4, 0.5) is 5.82 Å². The third kappa shape index (κ3) is 3.35. The van der Waals surface area contributed by atoms with Gasteiger partial charge in [0.2, 0.25) is 11.8 Å². The Morgan fingerprint density at radius 3 is 2.89 bits per heavy atom. The number of carbonyl (C=O) groups excluding carboxylic acids is 2. The molecule has 1 aromatic heterocycles. The quantitative estimate of drug-likeness (QED) is 0.861. The van der Waals surface area contributed by atoms with Gasteiger partial charge in [-0.3, -0.25) is 14.3 Å². The molecule has 2 N–H and O–H groups in total. The number of aryl methyl sites for hydroxylation is 1. The maximum Gasteiger partial charge on any atom is 0.230 e. The van der Waals surface area contributed by atoms with Crippen LogP contribution in [0.5, 0.6) is 0 Å². The van der Waals surface area contributed by atoms with Crippen molar-refractivity contribution in [1.82, 2.24) is 20.0 Å². The summed E-state index contributed by atoms with van der Waals surface area (Å²) in [6, 6.07) is 9.89. The second-order valence-corrected chi connectivity index (χ2v) is 7.35. The second kappa shape index (κ2) is 7.15. The molecule has 1 fully saturated rings. The molecule has 2 atom stereocenters. The Kier molecular flexibility index (Phi) is 4.70. The molecule has 0 radical (unpaired) electrons. The Bertz CT molecular complexity index is 861. The lowest BCUT2D eigenvalue weighted by atomic mass is 10.1. The molecule has 1 saturated heterocycles. The lowest BCUT2D eigenvalue weighted by Gasteiger charge is -2.25. The molecule has 0 saturated carbocycles. The summed E-state index contributed by atoms with van der Waals surface area (Å²) in [5.41, 5.74) is 3.17. The molecule has 142 valence electrons. The second-order valence-electron chi connectivity index (χ2n) is 7.35. The van der Waals surface area contributed by atoms with Gasteiger partial charge in [0, 0.05) is 45.1 Å². The highest BCUT2D eigenvalue weighted by Gasteiger charge is 2.37. The number of amides is 2. The SMILES string of the molecule is CC(c1ccccc1)N1CC(C(=O)Nc2c3c(nn2C)CCNC3)CC1=O. The van der Waals surface area contributed by atoms with Crippen LogP contribution in [0.1, 0.15) is 36.2 Å². The summed E-state index contributed by atoms with van der Waals surface area (Å²) >= 11 is 0. The highest BCUT2D eigenvalue weighted by atomic mass is 16.2. The molecule has 0 spiro atoms.